The largest absolute Gasteiger partial charge is 0.326 e. The predicted molar refractivity (Wildman–Crippen MR) is 86.9 cm³/mol. The van der Waals surface area contributed by atoms with E-state index in [1.807, 2.05) is 24.3 Å². The fourth-order valence-corrected chi connectivity index (χ4v) is 3.21. The number of anilines is 2. The highest BCUT2D eigenvalue weighted by atomic mass is 16.2. The van der Waals surface area contributed by atoms with Crippen LogP contribution in [0.3, 0.4) is 0 Å². The van der Waals surface area contributed by atoms with Crippen molar-refractivity contribution in [3.8, 4) is 0 Å². The maximum Gasteiger partial charge on any atom is 0.227 e. The Labute approximate surface area is 131 Å². The number of nitrogens with zero attached hydrogens (tertiary/aromatic N) is 1. The normalized spacial score (nSPS) is 19.5. The highest BCUT2D eigenvalue weighted by molar-refractivity contribution is 5.96. The molecule has 22 heavy (non-hydrogen) atoms. The zero-order chi connectivity index (χ0) is 15.4. The smallest absolute Gasteiger partial charge is 0.227 e. The van der Waals surface area contributed by atoms with Gasteiger partial charge in [0.1, 0.15) is 0 Å². The Hall–Kier alpha value is -1.88. The quantitative estimate of drug-likeness (QED) is 0.895. The number of hydrogen-bond acceptors (Lipinski definition) is 3. The van der Waals surface area contributed by atoms with Crippen LogP contribution in [0, 0.1) is 5.92 Å². The van der Waals surface area contributed by atoms with Crippen LogP contribution in [-0.2, 0) is 9.59 Å². The first-order valence-corrected chi connectivity index (χ1v) is 8.13. The van der Waals surface area contributed by atoms with Crippen LogP contribution < -0.4 is 15.5 Å². The summed E-state index contributed by atoms with van der Waals surface area (Å²) in [4.78, 5) is 25.6. The van der Waals surface area contributed by atoms with E-state index >= 15 is 0 Å². The van der Waals surface area contributed by atoms with Gasteiger partial charge in [-0.15, -0.1) is 0 Å². The number of carbonyl (C=O) groups is 2. The lowest BCUT2D eigenvalue weighted by Crippen LogP contribution is -2.30. The van der Waals surface area contributed by atoms with Crippen LogP contribution >= 0.6 is 0 Å². The summed E-state index contributed by atoms with van der Waals surface area (Å²) in [5, 5.41) is 6.27. The molecule has 2 amide bonds. The number of amides is 2. The molecular formula is C17H23N3O2. The van der Waals surface area contributed by atoms with Crippen LogP contribution in [0.15, 0.2) is 24.3 Å². The lowest BCUT2D eigenvalue weighted by Gasteiger charge is -2.22. The van der Waals surface area contributed by atoms with Gasteiger partial charge in [-0.1, -0.05) is 0 Å². The van der Waals surface area contributed by atoms with Crippen molar-refractivity contribution in [3.63, 3.8) is 0 Å². The molecule has 0 spiro atoms. The van der Waals surface area contributed by atoms with Crippen LogP contribution in [-0.4, -0.2) is 31.4 Å². The van der Waals surface area contributed by atoms with Gasteiger partial charge in [-0.05, 0) is 62.5 Å². The molecule has 3 rings (SSSR count). The van der Waals surface area contributed by atoms with E-state index in [1.165, 1.54) is 0 Å². The monoisotopic (exact) mass is 301 g/mol. The molecule has 2 aliphatic rings. The SMILES string of the molecule is O=C(CC1CCNCC1)Nc1ccc(N2CCCC2=O)cc1. The first kappa shape index (κ1) is 15.0. The molecule has 0 bridgehead atoms. The van der Waals surface area contributed by atoms with Crippen molar-refractivity contribution in [1.82, 2.24) is 5.32 Å². The molecule has 1 aromatic rings. The Bertz CT molecular complexity index is 535. The molecule has 0 radical (unpaired) electrons. The molecule has 0 aromatic heterocycles. The summed E-state index contributed by atoms with van der Waals surface area (Å²) < 4.78 is 0. The van der Waals surface area contributed by atoms with E-state index < -0.39 is 0 Å². The zero-order valence-corrected chi connectivity index (χ0v) is 12.8. The van der Waals surface area contributed by atoms with Crippen molar-refractivity contribution in [3.05, 3.63) is 24.3 Å². The standard InChI is InChI=1S/C17H23N3O2/c21-16(12-13-7-9-18-10-8-13)19-14-3-5-15(6-4-14)20-11-1-2-17(20)22/h3-6,13,18H,1-2,7-12H2,(H,19,21). The number of rotatable bonds is 4. The van der Waals surface area contributed by atoms with Crippen LogP contribution in [0.5, 0.6) is 0 Å². The van der Waals surface area contributed by atoms with E-state index in [2.05, 4.69) is 10.6 Å². The van der Waals surface area contributed by atoms with E-state index in [4.69, 9.17) is 0 Å². The molecule has 5 nitrogen and oxygen atoms in total. The highest BCUT2D eigenvalue weighted by Crippen LogP contribution is 2.23. The van der Waals surface area contributed by atoms with Crippen molar-refractivity contribution >= 4 is 23.2 Å². The number of nitrogens with one attached hydrogen (secondary N) is 2. The summed E-state index contributed by atoms with van der Waals surface area (Å²) in [6, 6.07) is 7.56. The molecule has 2 heterocycles. The van der Waals surface area contributed by atoms with Gasteiger partial charge >= 0.3 is 0 Å². The van der Waals surface area contributed by atoms with Gasteiger partial charge in [0.05, 0.1) is 0 Å². The Morgan fingerprint density at radius 1 is 1.23 bits per heavy atom. The molecule has 0 aliphatic carbocycles. The summed E-state index contributed by atoms with van der Waals surface area (Å²) in [7, 11) is 0. The van der Waals surface area contributed by atoms with Gasteiger partial charge in [0.25, 0.3) is 0 Å². The van der Waals surface area contributed by atoms with Gasteiger partial charge in [0.2, 0.25) is 11.8 Å². The van der Waals surface area contributed by atoms with E-state index in [-0.39, 0.29) is 11.8 Å². The van der Waals surface area contributed by atoms with Crippen molar-refractivity contribution < 1.29 is 9.59 Å². The number of piperidine rings is 1. The average molecular weight is 301 g/mol. The maximum absolute atomic E-state index is 12.1. The maximum atomic E-state index is 12.1. The Morgan fingerprint density at radius 2 is 1.95 bits per heavy atom. The minimum atomic E-state index is 0.0805. The van der Waals surface area contributed by atoms with E-state index in [9.17, 15) is 9.59 Å². The minimum Gasteiger partial charge on any atom is -0.326 e. The number of hydrogen-bond donors (Lipinski definition) is 2. The van der Waals surface area contributed by atoms with Crippen molar-refractivity contribution in [2.24, 2.45) is 5.92 Å². The second-order valence-corrected chi connectivity index (χ2v) is 6.14. The fraction of sp³-hybridized carbons (Fsp3) is 0.529. The third-order valence-corrected chi connectivity index (χ3v) is 4.47. The van der Waals surface area contributed by atoms with Crippen LogP contribution in [0.25, 0.3) is 0 Å². The molecule has 0 unspecified atom stereocenters. The molecule has 0 saturated carbocycles. The van der Waals surface area contributed by atoms with Gasteiger partial charge in [-0.2, -0.15) is 0 Å². The summed E-state index contributed by atoms with van der Waals surface area (Å²) >= 11 is 0. The third-order valence-electron chi connectivity index (χ3n) is 4.47. The third kappa shape index (κ3) is 3.65. The average Bonchev–Trinajstić information content (AvgIpc) is 2.95. The van der Waals surface area contributed by atoms with Gasteiger partial charge in [0.15, 0.2) is 0 Å². The Kier molecular flexibility index (Phi) is 4.73. The first-order chi connectivity index (χ1) is 10.7. The lowest BCUT2D eigenvalue weighted by atomic mass is 9.94. The van der Waals surface area contributed by atoms with Crippen LogP contribution in [0.2, 0.25) is 0 Å². The first-order valence-electron chi connectivity index (χ1n) is 8.13. The molecule has 2 N–H and O–H groups in total. The molecule has 2 fully saturated rings. The zero-order valence-electron chi connectivity index (χ0n) is 12.8. The van der Waals surface area contributed by atoms with Gasteiger partial charge < -0.3 is 15.5 Å². The summed E-state index contributed by atoms with van der Waals surface area (Å²) in [6.07, 6.45) is 4.29. The molecule has 5 heteroatoms. The van der Waals surface area contributed by atoms with Crippen LogP contribution in [0.1, 0.15) is 32.1 Å². The minimum absolute atomic E-state index is 0.0805. The van der Waals surface area contributed by atoms with Crippen LogP contribution in [0.4, 0.5) is 11.4 Å². The summed E-state index contributed by atoms with van der Waals surface area (Å²) in [5.74, 6) is 0.752. The second kappa shape index (κ2) is 6.92. The predicted octanol–water partition coefficient (Wildman–Crippen LogP) is 2.14. The van der Waals surface area contributed by atoms with Crippen molar-refractivity contribution in [2.75, 3.05) is 29.9 Å². The molecule has 2 aliphatic heterocycles. The van der Waals surface area contributed by atoms with Gasteiger partial charge in [0, 0.05) is 30.8 Å². The van der Waals surface area contributed by atoms with E-state index in [0.29, 0.717) is 18.8 Å². The Morgan fingerprint density at radius 3 is 2.59 bits per heavy atom. The van der Waals surface area contributed by atoms with Crippen molar-refractivity contribution in [2.45, 2.75) is 32.1 Å². The van der Waals surface area contributed by atoms with E-state index in [1.54, 1.807) is 4.90 Å². The molecular weight excluding hydrogens is 278 g/mol. The summed E-state index contributed by atoms with van der Waals surface area (Å²) in [6.45, 7) is 2.81. The molecule has 2 saturated heterocycles. The molecule has 0 atom stereocenters. The topological polar surface area (TPSA) is 61.4 Å². The lowest BCUT2D eigenvalue weighted by molar-refractivity contribution is -0.118. The van der Waals surface area contributed by atoms with Crippen molar-refractivity contribution in [1.29, 1.82) is 0 Å². The second-order valence-electron chi connectivity index (χ2n) is 6.14. The highest BCUT2D eigenvalue weighted by Gasteiger charge is 2.21. The Balaban J connectivity index is 1.54. The number of benzene rings is 1. The summed E-state index contributed by atoms with van der Waals surface area (Å²) in [5.41, 5.74) is 1.72. The van der Waals surface area contributed by atoms with Gasteiger partial charge in [-0.25, -0.2) is 0 Å². The fourth-order valence-electron chi connectivity index (χ4n) is 3.21. The molecule has 1 aromatic carbocycles. The van der Waals surface area contributed by atoms with Gasteiger partial charge in [-0.3, -0.25) is 9.59 Å². The number of carbonyl (C=O) groups excluding carboxylic acids is 2. The molecule has 118 valence electrons. The van der Waals surface area contributed by atoms with E-state index in [0.717, 1.165) is 50.3 Å².